The molecule has 14 heteroatoms. The van der Waals surface area contributed by atoms with Gasteiger partial charge >= 0.3 is 5.97 Å². The van der Waals surface area contributed by atoms with E-state index in [0.29, 0.717) is 17.3 Å². The molecule has 5 aromatic rings. The molecule has 0 bridgehead atoms. The van der Waals surface area contributed by atoms with Gasteiger partial charge in [-0.05, 0) is 42.6 Å². The van der Waals surface area contributed by atoms with Crippen LogP contribution >= 0.6 is 11.8 Å². The van der Waals surface area contributed by atoms with Gasteiger partial charge in [0.2, 0.25) is 11.6 Å². The summed E-state index contributed by atoms with van der Waals surface area (Å²) in [7, 11) is 1.93. The zero-order valence-electron chi connectivity index (χ0n) is 25.3. The molecule has 48 heavy (non-hydrogen) atoms. The lowest BCUT2D eigenvalue weighted by molar-refractivity contribution is 0.0695. The molecule has 0 aliphatic carbocycles. The standard InChI is InChI=1S/C34H26F2N6O5S/c1-42-14-13-38-30(42)23-9-5-6-10-24(23)46-31-27(35)29(48-34-39-17-22(18-40-34)33(43)44)28(36)32(41-31)47-26-15-21(16-37)11-12-25(26)45-19-20-7-3-2-4-8-20/h2-12,15,17-18,30,38H,13-14,19H2,1H3,(H,43,44). The van der Waals surface area contributed by atoms with Crippen molar-refractivity contribution in [2.45, 2.75) is 22.8 Å². The number of hydrogen-bond acceptors (Lipinski definition) is 11. The maximum Gasteiger partial charge on any atom is 0.338 e. The highest BCUT2D eigenvalue weighted by atomic mass is 32.2. The summed E-state index contributed by atoms with van der Waals surface area (Å²) >= 11 is 0.491. The first-order valence-corrected chi connectivity index (χ1v) is 15.3. The van der Waals surface area contributed by atoms with Crippen molar-refractivity contribution < 1.29 is 32.9 Å². The van der Waals surface area contributed by atoms with E-state index in [1.165, 1.54) is 18.2 Å². The zero-order chi connectivity index (χ0) is 33.6. The molecule has 0 spiro atoms. The van der Waals surface area contributed by atoms with E-state index < -0.39 is 34.3 Å². The number of nitrogens with zero attached hydrogens (tertiary/aromatic N) is 5. The number of para-hydroxylation sites is 1. The SMILES string of the molecule is CN1CCNC1c1ccccc1Oc1nc(Oc2cc(C#N)ccc2OCc2ccccc2)c(F)c(Sc2ncc(C(=O)O)cn2)c1F. The second-order valence-corrected chi connectivity index (χ2v) is 11.4. The van der Waals surface area contributed by atoms with E-state index in [0.717, 1.165) is 31.0 Å². The van der Waals surface area contributed by atoms with Gasteiger partial charge in [-0.3, -0.25) is 10.2 Å². The van der Waals surface area contributed by atoms with Gasteiger partial charge in [0.25, 0.3) is 11.8 Å². The fourth-order valence-corrected chi connectivity index (χ4v) is 5.55. The summed E-state index contributed by atoms with van der Waals surface area (Å²) < 4.78 is 50.3. The molecule has 242 valence electrons. The Bertz CT molecular complexity index is 2000. The number of hydrogen-bond donors (Lipinski definition) is 2. The van der Waals surface area contributed by atoms with Crippen molar-refractivity contribution in [1.29, 1.82) is 5.26 Å². The van der Waals surface area contributed by atoms with E-state index in [4.69, 9.17) is 14.2 Å². The second-order valence-electron chi connectivity index (χ2n) is 10.5. The summed E-state index contributed by atoms with van der Waals surface area (Å²) in [5.74, 6) is -4.52. The first-order valence-electron chi connectivity index (χ1n) is 14.5. The van der Waals surface area contributed by atoms with Crippen LogP contribution in [0.25, 0.3) is 0 Å². The minimum atomic E-state index is -1.26. The zero-order valence-corrected chi connectivity index (χ0v) is 26.1. The lowest BCUT2D eigenvalue weighted by Gasteiger charge is -2.22. The van der Waals surface area contributed by atoms with Gasteiger partial charge < -0.3 is 19.3 Å². The molecule has 1 aliphatic heterocycles. The van der Waals surface area contributed by atoms with Crippen LogP contribution in [0.15, 0.2) is 95.2 Å². The number of nitriles is 1. The van der Waals surface area contributed by atoms with Crippen LogP contribution in [0.2, 0.25) is 0 Å². The molecule has 2 N–H and O–H groups in total. The Morgan fingerprint density at radius 2 is 1.69 bits per heavy atom. The van der Waals surface area contributed by atoms with Gasteiger partial charge in [0.05, 0.1) is 28.3 Å². The van der Waals surface area contributed by atoms with Gasteiger partial charge in [0.1, 0.15) is 12.4 Å². The molecule has 11 nitrogen and oxygen atoms in total. The van der Waals surface area contributed by atoms with Gasteiger partial charge in [0, 0.05) is 37.1 Å². The lowest BCUT2D eigenvalue weighted by atomic mass is 10.1. The third-order valence-electron chi connectivity index (χ3n) is 7.23. The van der Waals surface area contributed by atoms with Crippen LogP contribution in [0.1, 0.15) is 33.2 Å². The average molecular weight is 669 g/mol. The molecule has 3 heterocycles. The van der Waals surface area contributed by atoms with Gasteiger partial charge in [-0.2, -0.15) is 19.0 Å². The molecule has 1 unspecified atom stereocenters. The quantitative estimate of drug-likeness (QED) is 0.147. The van der Waals surface area contributed by atoms with Gasteiger partial charge in [-0.25, -0.2) is 14.8 Å². The second kappa shape index (κ2) is 14.4. The Kier molecular flexibility index (Phi) is 9.72. The van der Waals surface area contributed by atoms with E-state index in [2.05, 4.69) is 25.2 Å². The minimum absolute atomic E-state index is 0.0517. The van der Waals surface area contributed by atoms with Crippen molar-refractivity contribution in [2.75, 3.05) is 20.1 Å². The molecule has 6 rings (SSSR count). The molecule has 1 fully saturated rings. The maximum absolute atomic E-state index is 16.2. The van der Waals surface area contributed by atoms with Gasteiger partial charge in [0.15, 0.2) is 16.7 Å². The number of carboxylic acids is 1. The van der Waals surface area contributed by atoms with Crippen LogP contribution in [0.4, 0.5) is 8.78 Å². The average Bonchev–Trinajstić information content (AvgIpc) is 3.54. The predicted molar refractivity (Wildman–Crippen MR) is 169 cm³/mol. The number of benzene rings is 3. The smallest absolute Gasteiger partial charge is 0.338 e. The van der Waals surface area contributed by atoms with Crippen molar-refractivity contribution in [1.82, 2.24) is 25.2 Å². The van der Waals surface area contributed by atoms with E-state index >= 15 is 8.78 Å². The molecule has 0 amide bonds. The number of pyridine rings is 1. The van der Waals surface area contributed by atoms with Gasteiger partial charge in [-0.1, -0.05) is 48.5 Å². The fraction of sp³-hybridized carbons (Fsp3) is 0.147. The normalized spacial score (nSPS) is 14.3. The number of carboxylic acid groups (broad SMARTS) is 1. The Morgan fingerprint density at radius 1 is 1.00 bits per heavy atom. The lowest BCUT2D eigenvalue weighted by Crippen LogP contribution is -2.24. The van der Waals surface area contributed by atoms with Crippen molar-refractivity contribution in [3.8, 4) is 35.1 Å². The molecular formula is C34H26F2N6O5S. The number of aromatic nitrogens is 3. The molecule has 0 radical (unpaired) electrons. The predicted octanol–water partition coefficient (Wildman–Crippen LogP) is 6.57. The van der Waals surface area contributed by atoms with Gasteiger partial charge in [-0.15, -0.1) is 0 Å². The number of aromatic carboxylic acids is 1. The van der Waals surface area contributed by atoms with E-state index in [1.807, 2.05) is 55.6 Å². The van der Waals surface area contributed by atoms with Crippen molar-refractivity contribution in [2.24, 2.45) is 0 Å². The summed E-state index contributed by atoms with van der Waals surface area (Å²) in [6.45, 7) is 1.65. The number of likely N-dealkylation sites (N-methyl/N-ethyl adjacent to an activating group) is 1. The number of rotatable bonds is 11. The first kappa shape index (κ1) is 32.3. The fourth-order valence-electron chi connectivity index (χ4n) is 4.81. The van der Waals surface area contributed by atoms with Crippen LogP contribution in [0, 0.1) is 23.0 Å². The van der Waals surface area contributed by atoms with Crippen LogP contribution < -0.4 is 19.5 Å². The van der Waals surface area contributed by atoms with Crippen LogP contribution in [0.3, 0.4) is 0 Å². The van der Waals surface area contributed by atoms with E-state index in [-0.39, 0.29) is 46.3 Å². The van der Waals surface area contributed by atoms with Crippen molar-refractivity contribution >= 4 is 17.7 Å². The highest BCUT2D eigenvalue weighted by molar-refractivity contribution is 7.99. The van der Waals surface area contributed by atoms with Crippen LogP contribution in [0.5, 0.6) is 29.0 Å². The number of ether oxygens (including phenoxy) is 3. The highest BCUT2D eigenvalue weighted by Gasteiger charge is 2.29. The minimum Gasteiger partial charge on any atom is -0.485 e. The molecular weight excluding hydrogens is 642 g/mol. The molecule has 2 aromatic heterocycles. The Hall–Kier alpha value is -5.62. The number of nitrogens with one attached hydrogen (secondary N) is 1. The molecule has 1 aliphatic rings. The summed E-state index contributed by atoms with van der Waals surface area (Å²) in [6.07, 6.45) is 1.82. The van der Waals surface area contributed by atoms with Crippen molar-refractivity contribution in [3.05, 3.63) is 119 Å². The number of carbonyl (C=O) groups is 1. The topological polar surface area (TPSA) is 143 Å². The summed E-state index contributed by atoms with van der Waals surface area (Å²) in [5.41, 5.74) is 1.54. The summed E-state index contributed by atoms with van der Waals surface area (Å²) in [6, 6.07) is 22.7. The largest absolute Gasteiger partial charge is 0.485 e. The van der Waals surface area contributed by atoms with E-state index in [1.54, 1.807) is 12.1 Å². The Labute approximate surface area is 277 Å². The van der Waals surface area contributed by atoms with Crippen LogP contribution in [-0.2, 0) is 6.61 Å². The Balaban J connectivity index is 1.41. The monoisotopic (exact) mass is 668 g/mol. The third kappa shape index (κ3) is 7.18. The summed E-state index contributed by atoms with van der Waals surface area (Å²) in [5, 5.41) is 22.0. The third-order valence-corrected chi connectivity index (χ3v) is 8.18. The Morgan fingerprint density at radius 3 is 2.35 bits per heavy atom. The van der Waals surface area contributed by atoms with Crippen LogP contribution in [-0.4, -0.2) is 51.1 Å². The number of halogens is 2. The molecule has 3 aromatic carbocycles. The van der Waals surface area contributed by atoms with E-state index in [9.17, 15) is 15.2 Å². The summed E-state index contributed by atoms with van der Waals surface area (Å²) in [4.78, 5) is 24.7. The molecule has 1 saturated heterocycles. The van der Waals surface area contributed by atoms with Crippen molar-refractivity contribution in [3.63, 3.8) is 0 Å². The first-order chi connectivity index (χ1) is 23.3. The maximum atomic E-state index is 16.2. The molecule has 1 atom stereocenters. The highest BCUT2D eigenvalue weighted by Crippen LogP contribution is 2.42. The molecule has 0 saturated carbocycles.